The first-order valence-electron chi connectivity index (χ1n) is 10.9. The fraction of sp³-hybridized carbons (Fsp3) is 0.458. The number of aryl methyl sites for hydroxylation is 2. The van der Waals surface area contributed by atoms with Crippen LogP contribution < -0.4 is 15.5 Å². The summed E-state index contributed by atoms with van der Waals surface area (Å²) in [5.74, 6) is 1.11. The number of benzene rings is 1. The lowest BCUT2D eigenvalue weighted by Crippen LogP contribution is -2.54. The van der Waals surface area contributed by atoms with E-state index in [1.807, 2.05) is 36.2 Å². The Morgan fingerprint density at radius 3 is 2.77 bits per heavy atom. The van der Waals surface area contributed by atoms with Gasteiger partial charge in [-0.05, 0) is 69.5 Å². The van der Waals surface area contributed by atoms with E-state index in [1.165, 1.54) is 5.56 Å². The molecule has 2 N–H and O–H groups in total. The Morgan fingerprint density at radius 2 is 2.07 bits per heavy atom. The number of nitrogens with one attached hydrogen (secondary N) is 2. The van der Waals surface area contributed by atoms with E-state index < -0.39 is 0 Å². The number of hydrogen-bond donors (Lipinski definition) is 2. The van der Waals surface area contributed by atoms with Crippen LogP contribution in [0.5, 0.6) is 0 Å². The second kappa shape index (κ2) is 9.04. The van der Waals surface area contributed by atoms with E-state index in [9.17, 15) is 4.79 Å². The fourth-order valence-electron chi connectivity index (χ4n) is 4.47. The summed E-state index contributed by atoms with van der Waals surface area (Å²) in [6.45, 7) is 11.6. The topological polar surface area (TPSA) is 60.5 Å². The maximum absolute atomic E-state index is 13.4. The summed E-state index contributed by atoms with van der Waals surface area (Å²) in [6.07, 6.45) is 3.90. The predicted octanol–water partition coefficient (Wildman–Crippen LogP) is 3.38. The smallest absolute Gasteiger partial charge is 0.254 e. The van der Waals surface area contributed by atoms with Crippen LogP contribution in [0.3, 0.4) is 0 Å². The molecule has 1 amide bonds. The Balaban J connectivity index is 1.48. The lowest BCUT2D eigenvalue weighted by Gasteiger charge is -2.40. The summed E-state index contributed by atoms with van der Waals surface area (Å²) in [7, 11) is 0. The zero-order chi connectivity index (χ0) is 21.1. The van der Waals surface area contributed by atoms with Gasteiger partial charge in [-0.3, -0.25) is 4.79 Å². The highest BCUT2D eigenvalue weighted by molar-refractivity contribution is 5.97. The highest BCUT2D eigenvalue weighted by atomic mass is 16.2. The van der Waals surface area contributed by atoms with Crippen molar-refractivity contribution in [2.24, 2.45) is 0 Å². The number of aromatic nitrogens is 1. The van der Waals surface area contributed by atoms with Crippen molar-refractivity contribution in [3.8, 4) is 0 Å². The third-order valence-electron chi connectivity index (χ3n) is 6.20. The fourth-order valence-corrected chi connectivity index (χ4v) is 4.47. The number of rotatable bonds is 4. The van der Waals surface area contributed by atoms with Gasteiger partial charge in [0.15, 0.2) is 0 Å². The standard InChI is InChI=1S/C24H32N5O/c1-17-14-18(2)22(27-20-7-10-25-11-8-20)15-21(17)24(30)28-12-13-29(19(3)16-28)23-6-4-5-9-26-23/h4-6,9-10,14-15,19-20,25,27H,7-8,11-13,16H2,1-3H3/t19-,20?/m0/s1. The molecule has 2 saturated heterocycles. The number of carbonyl (C=O) groups excluding carboxylic acids is 1. The lowest BCUT2D eigenvalue weighted by molar-refractivity contribution is 0.0725. The summed E-state index contributed by atoms with van der Waals surface area (Å²) in [5.41, 5.74) is 4.11. The molecule has 1 unspecified atom stereocenters. The van der Waals surface area contributed by atoms with Gasteiger partial charge in [-0.1, -0.05) is 12.1 Å². The van der Waals surface area contributed by atoms with Gasteiger partial charge in [-0.15, -0.1) is 0 Å². The molecule has 159 valence electrons. The molecule has 2 atom stereocenters. The molecule has 1 aromatic carbocycles. The Labute approximate surface area is 179 Å². The summed E-state index contributed by atoms with van der Waals surface area (Å²) in [6, 6.07) is 10.8. The Hall–Kier alpha value is -2.60. The zero-order valence-corrected chi connectivity index (χ0v) is 18.2. The first kappa shape index (κ1) is 20.7. The number of amides is 1. The molecule has 1 radical (unpaired) electrons. The quantitative estimate of drug-likeness (QED) is 0.815. The minimum atomic E-state index is 0.125. The maximum atomic E-state index is 13.4. The number of anilines is 2. The van der Waals surface area contributed by atoms with Crippen LogP contribution >= 0.6 is 0 Å². The molecule has 3 heterocycles. The number of pyridine rings is 1. The molecule has 6 nitrogen and oxygen atoms in total. The highest BCUT2D eigenvalue weighted by Crippen LogP contribution is 2.26. The molecule has 2 aromatic rings. The lowest BCUT2D eigenvalue weighted by atomic mass is 10.00. The first-order chi connectivity index (χ1) is 14.5. The monoisotopic (exact) mass is 406 g/mol. The highest BCUT2D eigenvalue weighted by Gasteiger charge is 2.29. The average Bonchev–Trinajstić information content (AvgIpc) is 2.76. The van der Waals surface area contributed by atoms with Gasteiger partial charge in [0.2, 0.25) is 0 Å². The van der Waals surface area contributed by atoms with Crippen LogP contribution in [0.15, 0.2) is 36.5 Å². The van der Waals surface area contributed by atoms with Gasteiger partial charge >= 0.3 is 0 Å². The molecule has 1 aromatic heterocycles. The Bertz CT molecular complexity index is 879. The van der Waals surface area contributed by atoms with Crippen LogP contribution in [0, 0.1) is 20.4 Å². The molecule has 2 aliphatic rings. The van der Waals surface area contributed by atoms with E-state index in [-0.39, 0.29) is 11.9 Å². The van der Waals surface area contributed by atoms with Crippen LogP contribution in [0.2, 0.25) is 0 Å². The summed E-state index contributed by atoms with van der Waals surface area (Å²) < 4.78 is 0. The number of nitrogens with zero attached hydrogens (tertiary/aromatic N) is 3. The number of hydrogen-bond acceptors (Lipinski definition) is 5. The van der Waals surface area contributed by atoms with Crippen molar-refractivity contribution >= 4 is 17.4 Å². The minimum absolute atomic E-state index is 0.125. The molecule has 0 spiro atoms. The SMILES string of the molecule is Cc1cc(C)c(C(=O)N2CCN(c3ccccn3)[C@@H](C)C2)cc1NC1C[CH]NCC1. The van der Waals surface area contributed by atoms with Gasteiger partial charge in [-0.25, -0.2) is 4.98 Å². The molecule has 2 fully saturated rings. The summed E-state index contributed by atoms with van der Waals surface area (Å²) >= 11 is 0. The largest absolute Gasteiger partial charge is 0.382 e. The van der Waals surface area contributed by atoms with Crippen molar-refractivity contribution in [1.29, 1.82) is 0 Å². The summed E-state index contributed by atoms with van der Waals surface area (Å²) in [4.78, 5) is 22.2. The maximum Gasteiger partial charge on any atom is 0.254 e. The van der Waals surface area contributed by atoms with Crippen molar-refractivity contribution in [2.45, 2.75) is 45.7 Å². The van der Waals surface area contributed by atoms with Crippen LogP contribution in [0.4, 0.5) is 11.5 Å². The van der Waals surface area contributed by atoms with Crippen LogP contribution in [-0.2, 0) is 0 Å². The molecule has 2 aliphatic heterocycles. The normalized spacial score (nSPS) is 20.3. The number of carbonyl (C=O) groups is 1. The van der Waals surface area contributed by atoms with Gasteiger partial charge in [0.1, 0.15) is 5.82 Å². The van der Waals surface area contributed by atoms with E-state index in [0.29, 0.717) is 19.1 Å². The van der Waals surface area contributed by atoms with Crippen LogP contribution in [0.25, 0.3) is 0 Å². The van der Waals surface area contributed by atoms with E-state index in [2.05, 4.69) is 53.0 Å². The van der Waals surface area contributed by atoms with Crippen LogP contribution in [-0.4, -0.2) is 54.1 Å². The average molecular weight is 407 g/mol. The third kappa shape index (κ3) is 4.43. The minimum Gasteiger partial charge on any atom is -0.382 e. The molecular formula is C24H32N5O. The van der Waals surface area contributed by atoms with Gasteiger partial charge in [0, 0.05) is 55.7 Å². The molecule has 0 aliphatic carbocycles. The number of piperazine rings is 1. The zero-order valence-electron chi connectivity index (χ0n) is 18.2. The van der Waals surface area contributed by atoms with Crippen LogP contribution in [0.1, 0.15) is 41.3 Å². The Kier molecular flexibility index (Phi) is 6.23. The van der Waals surface area contributed by atoms with E-state index >= 15 is 0 Å². The van der Waals surface area contributed by atoms with Crippen molar-refractivity contribution in [3.05, 3.63) is 59.8 Å². The van der Waals surface area contributed by atoms with Gasteiger partial charge < -0.3 is 20.4 Å². The van der Waals surface area contributed by atoms with Gasteiger partial charge in [-0.2, -0.15) is 0 Å². The van der Waals surface area contributed by atoms with Crippen molar-refractivity contribution in [1.82, 2.24) is 15.2 Å². The summed E-state index contributed by atoms with van der Waals surface area (Å²) in [5, 5.41) is 6.94. The molecule has 30 heavy (non-hydrogen) atoms. The van der Waals surface area contributed by atoms with Crippen molar-refractivity contribution in [3.63, 3.8) is 0 Å². The second-order valence-electron chi connectivity index (χ2n) is 8.49. The predicted molar refractivity (Wildman–Crippen MR) is 122 cm³/mol. The number of piperidine rings is 1. The first-order valence-corrected chi connectivity index (χ1v) is 10.9. The van der Waals surface area contributed by atoms with Gasteiger partial charge in [0.25, 0.3) is 5.91 Å². The third-order valence-corrected chi connectivity index (χ3v) is 6.20. The van der Waals surface area contributed by atoms with Crippen molar-refractivity contribution in [2.75, 3.05) is 36.4 Å². The molecule has 4 rings (SSSR count). The van der Waals surface area contributed by atoms with E-state index in [0.717, 1.165) is 48.6 Å². The molecule has 0 bridgehead atoms. The van der Waals surface area contributed by atoms with Crippen molar-refractivity contribution < 1.29 is 4.79 Å². The Morgan fingerprint density at radius 1 is 1.20 bits per heavy atom. The van der Waals surface area contributed by atoms with E-state index in [1.54, 1.807) is 0 Å². The molecule has 0 saturated carbocycles. The van der Waals surface area contributed by atoms with Gasteiger partial charge in [0.05, 0.1) is 0 Å². The molecule has 6 heteroatoms. The second-order valence-corrected chi connectivity index (χ2v) is 8.49. The molecular weight excluding hydrogens is 374 g/mol. The van der Waals surface area contributed by atoms with E-state index in [4.69, 9.17) is 0 Å².